The number of ether oxygens (including phenoxy) is 2. The fourth-order valence-electron chi connectivity index (χ4n) is 5.34. The summed E-state index contributed by atoms with van der Waals surface area (Å²) in [4.78, 5) is 22.2. The fraction of sp³-hybridized carbons (Fsp3) is 0.744. The highest BCUT2D eigenvalue weighted by Crippen LogP contribution is 2.43. The summed E-state index contributed by atoms with van der Waals surface area (Å²) >= 11 is 0. The molecule has 0 saturated heterocycles. The van der Waals surface area contributed by atoms with Gasteiger partial charge in [0.15, 0.2) is 6.10 Å². The third-order valence-corrected chi connectivity index (χ3v) is 9.48. The van der Waals surface area contributed by atoms with Gasteiger partial charge in [-0.05, 0) is 83.1 Å². The third-order valence-electron chi connectivity index (χ3n) is 8.50. The average molecular weight is 752 g/mol. The van der Waals surface area contributed by atoms with Gasteiger partial charge in [0.05, 0.1) is 19.5 Å². The van der Waals surface area contributed by atoms with E-state index in [1.54, 1.807) is 6.26 Å². The van der Waals surface area contributed by atoms with Crippen LogP contribution in [0.3, 0.4) is 0 Å². The Morgan fingerprint density at radius 1 is 0.596 bits per heavy atom. The summed E-state index contributed by atoms with van der Waals surface area (Å²) in [6, 6.07) is 0. The van der Waals surface area contributed by atoms with E-state index in [0.29, 0.717) is 6.42 Å². The lowest BCUT2D eigenvalue weighted by Crippen LogP contribution is -2.25. The number of carbonyl (C=O) groups excluding carboxylic acids is 1. The summed E-state index contributed by atoms with van der Waals surface area (Å²) in [5.41, 5.74) is 5.35. The van der Waals surface area contributed by atoms with E-state index in [0.717, 1.165) is 44.9 Å². The Balaban J connectivity index is 4.22. The molecule has 0 spiro atoms. The van der Waals surface area contributed by atoms with E-state index in [4.69, 9.17) is 24.3 Å². The summed E-state index contributed by atoms with van der Waals surface area (Å²) in [5.74, 6) is -0.345. The molecule has 0 amide bonds. The van der Waals surface area contributed by atoms with Gasteiger partial charge in [-0.3, -0.25) is 13.8 Å². The van der Waals surface area contributed by atoms with E-state index in [1.807, 2.05) is 6.08 Å². The molecule has 0 aromatic rings. The Labute approximate surface area is 319 Å². The lowest BCUT2D eigenvalue weighted by atomic mass is 10.1. The first-order valence-electron chi connectivity index (χ1n) is 20.8. The van der Waals surface area contributed by atoms with Crippen molar-refractivity contribution in [1.29, 1.82) is 0 Å². The second kappa shape index (κ2) is 40.2. The van der Waals surface area contributed by atoms with Crippen LogP contribution in [0.5, 0.6) is 0 Å². The van der Waals surface area contributed by atoms with Gasteiger partial charge >= 0.3 is 13.8 Å². The van der Waals surface area contributed by atoms with Gasteiger partial charge in [0.25, 0.3) is 0 Å². The molecule has 3 N–H and O–H groups in total. The largest absolute Gasteiger partial charge is 0.492 e. The Hall–Kier alpha value is -1.96. The number of phosphoric ester groups is 1. The van der Waals surface area contributed by atoms with Gasteiger partial charge < -0.3 is 20.1 Å². The van der Waals surface area contributed by atoms with Crippen LogP contribution in [0.4, 0.5) is 0 Å². The molecule has 0 aliphatic rings. The van der Waals surface area contributed by atoms with E-state index in [9.17, 15) is 14.3 Å². The molecule has 0 fully saturated rings. The van der Waals surface area contributed by atoms with Crippen molar-refractivity contribution in [1.82, 2.24) is 0 Å². The molecule has 0 radical (unpaired) electrons. The molecule has 0 aliphatic carbocycles. The zero-order valence-electron chi connectivity index (χ0n) is 33.3. The Kier molecular flexibility index (Phi) is 38.7. The predicted molar refractivity (Wildman–Crippen MR) is 219 cm³/mol. The molecule has 0 heterocycles. The maximum Gasteiger partial charge on any atom is 0.472 e. The molecule has 0 aromatic heterocycles. The van der Waals surface area contributed by atoms with Crippen molar-refractivity contribution in [3.63, 3.8) is 0 Å². The van der Waals surface area contributed by atoms with E-state index in [1.165, 1.54) is 103 Å². The zero-order chi connectivity index (χ0) is 38.1. The molecule has 0 aliphatic heterocycles. The minimum atomic E-state index is -4.28. The number of hydrogen-bond acceptors (Lipinski definition) is 7. The number of rotatable bonds is 39. The fourth-order valence-corrected chi connectivity index (χ4v) is 6.11. The molecule has 8 nitrogen and oxygen atoms in total. The van der Waals surface area contributed by atoms with Crippen molar-refractivity contribution in [2.75, 3.05) is 26.4 Å². The average Bonchev–Trinajstić information content (AvgIpc) is 3.14. The molecule has 0 saturated carbocycles. The number of allylic oxidation sites excluding steroid dienone is 9. The normalized spacial score (nSPS) is 14.1. The van der Waals surface area contributed by atoms with Crippen molar-refractivity contribution < 1.29 is 32.8 Å². The van der Waals surface area contributed by atoms with Gasteiger partial charge in [-0.2, -0.15) is 0 Å². The minimum absolute atomic E-state index is 0.0903. The molecule has 0 aromatic carbocycles. The monoisotopic (exact) mass is 752 g/mol. The van der Waals surface area contributed by atoms with Crippen molar-refractivity contribution in [3.8, 4) is 0 Å². The van der Waals surface area contributed by atoms with Crippen LogP contribution in [0, 0.1) is 0 Å². The zero-order valence-corrected chi connectivity index (χ0v) is 34.2. The standard InChI is InChI=1S/C43H78NO7P/c1-3-5-7-9-11-13-15-17-19-21-22-24-26-28-30-32-34-36-43(45)49-40-42(41-51-52(46,47)50-39-37-44)48-38-35-33-31-29-27-25-23-20-18-16-14-12-10-8-6-4-2/h17-20,22,24,28,30,35,38,42H,3-16,21,23,25-27,29,31-34,36-37,39-41,44H2,1-2H3,(H,46,47)/b19-17-,20-18-,24-22-,30-28-,38-35-/t42-/m1/s1. The number of unbranched alkanes of at least 4 members (excludes halogenated alkanes) is 18. The molecular weight excluding hydrogens is 673 g/mol. The SMILES string of the molecule is CCCCCCCC/C=C\C/C=C\C/C=C\CCCC(=O)OC[C@H](COP(=O)(O)OCCN)O/C=C\CCCCCC/C=C\CCCCCCCC. The smallest absolute Gasteiger partial charge is 0.472 e. The van der Waals surface area contributed by atoms with Gasteiger partial charge in [-0.25, -0.2) is 4.57 Å². The highest BCUT2D eigenvalue weighted by atomic mass is 31.2. The second-order valence-electron chi connectivity index (χ2n) is 13.6. The molecule has 1 unspecified atom stereocenters. The summed E-state index contributed by atoms with van der Waals surface area (Å²) in [6.45, 7) is 4.12. The van der Waals surface area contributed by atoms with Gasteiger partial charge in [-0.15, -0.1) is 0 Å². The van der Waals surface area contributed by atoms with Crippen LogP contribution in [0.2, 0.25) is 0 Å². The Bertz CT molecular complexity index is 979. The first-order chi connectivity index (χ1) is 25.4. The third kappa shape index (κ3) is 39.3. The van der Waals surface area contributed by atoms with Crippen molar-refractivity contribution in [3.05, 3.63) is 60.9 Å². The van der Waals surface area contributed by atoms with Crippen molar-refractivity contribution in [2.24, 2.45) is 5.73 Å². The molecule has 302 valence electrons. The first-order valence-corrected chi connectivity index (χ1v) is 22.3. The van der Waals surface area contributed by atoms with Crippen LogP contribution < -0.4 is 5.73 Å². The highest BCUT2D eigenvalue weighted by molar-refractivity contribution is 7.47. The molecule has 0 rings (SSSR count). The molecule has 0 bridgehead atoms. The number of esters is 1. The minimum Gasteiger partial charge on any atom is -0.492 e. The molecular formula is C43H78NO7P. The van der Waals surface area contributed by atoms with Gasteiger partial charge in [-0.1, -0.05) is 140 Å². The summed E-state index contributed by atoms with van der Waals surface area (Å²) in [5, 5.41) is 0. The van der Waals surface area contributed by atoms with E-state index >= 15 is 0 Å². The number of phosphoric acid groups is 1. The van der Waals surface area contributed by atoms with Crippen LogP contribution in [0.1, 0.15) is 174 Å². The van der Waals surface area contributed by atoms with Crippen LogP contribution in [0.25, 0.3) is 0 Å². The van der Waals surface area contributed by atoms with Crippen LogP contribution in [-0.2, 0) is 27.9 Å². The molecule has 2 atom stereocenters. The summed E-state index contributed by atoms with van der Waals surface area (Å²) in [7, 11) is -4.28. The number of hydrogen-bond donors (Lipinski definition) is 2. The molecule has 9 heteroatoms. The first kappa shape index (κ1) is 50.0. The lowest BCUT2D eigenvalue weighted by Gasteiger charge is -2.19. The van der Waals surface area contributed by atoms with E-state index in [-0.39, 0.29) is 38.8 Å². The van der Waals surface area contributed by atoms with Gasteiger partial charge in [0.1, 0.15) is 6.61 Å². The van der Waals surface area contributed by atoms with Gasteiger partial charge in [0, 0.05) is 13.0 Å². The maximum absolute atomic E-state index is 12.4. The van der Waals surface area contributed by atoms with E-state index in [2.05, 4.69) is 62.5 Å². The Morgan fingerprint density at radius 3 is 1.56 bits per heavy atom. The van der Waals surface area contributed by atoms with E-state index < -0.39 is 13.9 Å². The summed E-state index contributed by atoms with van der Waals surface area (Å²) in [6.07, 6.45) is 49.1. The lowest BCUT2D eigenvalue weighted by molar-refractivity contribution is -0.147. The summed E-state index contributed by atoms with van der Waals surface area (Å²) < 4.78 is 33.1. The van der Waals surface area contributed by atoms with Crippen molar-refractivity contribution in [2.45, 2.75) is 180 Å². The quantitative estimate of drug-likeness (QED) is 0.0210. The predicted octanol–water partition coefficient (Wildman–Crippen LogP) is 12.5. The van der Waals surface area contributed by atoms with Crippen molar-refractivity contribution >= 4 is 13.8 Å². The molecule has 52 heavy (non-hydrogen) atoms. The van der Waals surface area contributed by atoms with Crippen LogP contribution in [0.15, 0.2) is 60.9 Å². The van der Waals surface area contributed by atoms with Gasteiger partial charge in [0.2, 0.25) is 0 Å². The maximum atomic E-state index is 12.4. The topological polar surface area (TPSA) is 117 Å². The highest BCUT2D eigenvalue weighted by Gasteiger charge is 2.24. The number of nitrogens with two attached hydrogens (primary N) is 1. The number of carbonyl (C=O) groups is 1. The van der Waals surface area contributed by atoms with Crippen LogP contribution >= 0.6 is 7.82 Å². The Morgan fingerprint density at radius 2 is 1.04 bits per heavy atom. The second-order valence-corrected chi connectivity index (χ2v) is 15.0. The van der Waals surface area contributed by atoms with Crippen LogP contribution in [-0.4, -0.2) is 43.3 Å².